The van der Waals surface area contributed by atoms with Crippen molar-refractivity contribution in [3.8, 4) is 0 Å². The van der Waals surface area contributed by atoms with Crippen LogP contribution in [0.3, 0.4) is 0 Å². The first-order valence-corrected chi connectivity index (χ1v) is 6.63. The van der Waals surface area contributed by atoms with Gasteiger partial charge in [-0.2, -0.15) is 18.3 Å². The van der Waals surface area contributed by atoms with Crippen molar-refractivity contribution in [1.82, 2.24) is 14.6 Å². The van der Waals surface area contributed by atoms with E-state index >= 15 is 0 Å². The summed E-state index contributed by atoms with van der Waals surface area (Å²) in [4.78, 5) is 16.6. The Morgan fingerprint density at radius 3 is 2.73 bits per heavy atom. The van der Waals surface area contributed by atoms with Gasteiger partial charge in [0.2, 0.25) is 0 Å². The second kappa shape index (κ2) is 4.85. The van der Waals surface area contributed by atoms with Crippen LogP contribution in [0, 0.1) is 18.8 Å². The summed E-state index contributed by atoms with van der Waals surface area (Å²) in [5.74, 6) is -4.52. The van der Waals surface area contributed by atoms with Crippen molar-refractivity contribution in [3.05, 3.63) is 24.2 Å². The molecule has 0 bridgehead atoms. The minimum absolute atomic E-state index is 0.226. The van der Waals surface area contributed by atoms with Crippen LogP contribution in [0.15, 0.2) is 18.5 Å². The highest BCUT2D eigenvalue weighted by Crippen LogP contribution is 2.39. The molecular formula is C13H13F3N4O2. The average molecular weight is 314 g/mol. The van der Waals surface area contributed by atoms with Gasteiger partial charge < -0.3 is 10.0 Å². The summed E-state index contributed by atoms with van der Waals surface area (Å²) in [6, 6.07) is 1.71. The molecular weight excluding hydrogens is 301 g/mol. The number of hydrogen-bond donors (Lipinski definition) is 1. The molecule has 0 unspecified atom stereocenters. The van der Waals surface area contributed by atoms with E-state index in [9.17, 15) is 18.0 Å². The summed E-state index contributed by atoms with van der Waals surface area (Å²) in [5, 5.41) is 13.2. The van der Waals surface area contributed by atoms with Crippen LogP contribution >= 0.6 is 0 Å². The Balaban J connectivity index is 2.00. The molecule has 0 aliphatic carbocycles. The summed E-state index contributed by atoms with van der Waals surface area (Å²) >= 11 is 0. The number of rotatable bonds is 2. The Bertz CT molecular complexity index is 728. The number of alkyl halides is 3. The van der Waals surface area contributed by atoms with Crippen molar-refractivity contribution in [2.45, 2.75) is 13.1 Å². The number of halogens is 3. The largest absolute Gasteiger partial charge is 0.481 e. The summed E-state index contributed by atoms with van der Waals surface area (Å²) in [6.07, 6.45) is -1.53. The number of carbonyl (C=O) groups is 1. The molecule has 1 aliphatic rings. The quantitative estimate of drug-likeness (QED) is 0.914. The summed E-state index contributed by atoms with van der Waals surface area (Å²) in [5.41, 5.74) is 1.27. The van der Waals surface area contributed by atoms with Crippen LogP contribution in [-0.2, 0) is 4.79 Å². The van der Waals surface area contributed by atoms with Gasteiger partial charge in [0.05, 0.1) is 17.5 Å². The molecule has 1 aliphatic heterocycles. The van der Waals surface area contributed by atoms with E-state index < -0.39 is 30.5 Å². The molecule has 9 heteroatoms. The van der Waals surface area contributed by atoms with E-state index in [1.807, 2.05) is 0 Å². The first-order valence-electron chi connectivity index (χ1n) is 6.63. The fourth-order valence-electron chi connectivity index (χ4n) is 2.83. The first-order chi connectivity index (χ1) is 10.3. The zero-order valence-electron chi connectivity index (χ0n) is 11.6. The number of carboxylic acids is 1. The highest BCUT2D eigenvalue weighted by atomic mass is 19.4. The molecule has 0 amide bonds. The second-order valence-electron chi connectivity index (χ2n) is 5.36. The monoisotopic (exact) mass is 314 g/mol. The van der Waals surface area contributed by atoms with Crippen molar-refractivity contribution in [2.24, 2.45) is 11.8 Å². The highest BCUT2D eigenvalue weighted by Gasteiger charge is 2.53. The molecule has 2 aromatic heterocycles. The molecule has 22 heavy (non-hydrogen) atoms. The third-order valence-electron chi connectivity index (χ3n) is 3.85. The maximum atomic E-state index is 13.1. The van der Waals surface area contributed by atoms with Crippen LogP contribution in [0.2, 0.25) is 0 Å². The van der Waals surface area contributed by atoms with Crippen LogP contribution in [0.1, 0.15) is 5.69 Å². The fraction of sp³-hybridized carbons (Fsp3) is 0.462. The van der Waals surface area contributed by atoms with Gasteiger partial charge in [0.25, 0.3) is 0 Å². The molecule has 1 N–H and O–H groups in total. The normalized spacial score (nSPS) is 22.5. The van der Waals surface area contributed by atoms with E-state index in [0.717, 1.165) is 0 Å². The highest BCUT2D eigenvalue weighted by molar-refractivity contribution is 5.75. The van der Waals surface area contributed by atoms with E-state index in [4.69, 9.17) is 5.11 Å². The van der Waals surface area contributed by atoms with E-state index in [2.05, 4.69) is 10.1 Å². The maximum Gasteiger partial charge on any atom is 0.394 e. The molecule has 2 atom stereocenters. The van der Waals surface area contributed by atoms with Gasteiger partial charge in [-0.05, 0) is 13.0 Å². The molecule has 6 nitrogen and oxygen atoms in total. The molecule has 118 valence electrons. The number of carboxylic acid groups (broad SMARTS) is 1. The lowest BCUT2D eigenvalue weighted by Gasteiger charge is -2.19. The van der Waals surface area contributed by atoms with Gasteiger partial charge in [0.15, 0.2) is 5.82 Å². The minimum Gasteiger partial charge on any atom is -0.481 e. The van der Waals surface area contributed by atoms with Crippen LogP contribution in [0.5, 0.6) is 0 Å². The number of aryl methyl sites for hydroxylation is 1. The Kier molecular flexibility index (Phi) is 3.22. The molecule has 1 fully saturated rings. The van der Waals surface area contributed by atoms with Gasteiger partial charge in [-0.3, -0.25) is 4.79 Å². The van der Waals surface area contributed by atoms with E-state index in [0.29, 0.717) is 17.0 Å². The summed E-state index contributed by atoms with van der Waals surface area (Å²) in [7, 11) is 0. The van der Waals surface area contributed by atoms with E-state index in [-0.39, 0.29) is 6.54 Å². The Labute approximate surface area is 123 Å². The van der Waals surface area contributed by atoms with Crippen molar-refractivity contribution < 1.29 is 23.1 Å². The minimum atomic E-state index is -4.56. The maximum absolute atomic E-state index is 13.1. The summed E-state index contributed by atoms with van der Waals surface area (Å²) < 4.78 is 40.7. The fourth-order valence-corrected chi connectivity index (χ4v) is 2.83. The molecule has 3 heterocycles. The number of aromatic nitrogens is 3. The van der Waals surface area contributed by atoms with Gasteiger partial charge in [-0.25, -0.2) is 9.50 Å². The lowest BCUT2D eigenvalue weighted by atomic mass is 9.96. The predicted molar refractivity (Wildman–Crippen MR) is 70.6 cm³/mol. The molecule has 0 radical (unpaired) electrons. The SMILES string of the molecule is Cc1cc2c(N3C[C@@H](C(F)(F)F)[C@H](C(=O)O)C3)nccn2n1. The topological polar surface area (TPSA) is 70.7 Å². The molecule has 0 saturated carbocycles. The number of aliphatic carboxylic acids is 1. The van der Waals surface area contributed by atoms with Crippen molar-refractivity contribution in [2.75, 3.05) is 18.0 Å². The third kappa shape index (κ3) is 2.36. The standard InChI is InChI=1S/C13H13F3N4O2/c1-7-4-10-11(17-2-3-20(10)18-7)19-5-8(12(21)22)9(6-19)13(14,15)16/h2-4,8-9H,5-6H2,1H3,(H,21,22)/t8-,9-/m1/s1. The lowest BCUT2D eigenvalue weighted by Crippen LogP contribution is -2.33. The van der Waals surface area contributed by atoms with Crippen molar-refractivity contribution in [1.29, 1.82) is 0 Å². The molecule has 2 aromatic rings. The van der Waals surface area contributed by atoms with Crippen LogP contribution in [0.4, 0.5) is 19.0 Å². The molecule has 0 aromatic carbocycles. The molecule has 3 rings (SSSR count). The predicted octanol–water partition coefficient (Wildman–Crippen LogP) is 1.74. The summed E-state index contributed by atoms with van der Waals surface area (Å²) in [6.45, 7) is 1.12. The van der Waals surface area contributed by atoms with Gasteiger partial charge in [-0.1, -0.05) is 0 Å². The zero-order valence-corrected chi connectivity index (χ0v) is 11.6. The van der Waals surface area contributed by atoms with Gasteiger partial charge in [0, 0.05) is 25.5 Å². The van der Waals surface area contributed by atoms with Crippen molar-refractivity contribution in [3.63, 3.8) is 0 Å². The smallest absolute Gasteiger partial charge is 0.394 e. The Morgan fingerprint density at radius 1 is 1.41 bits per heavy atom. The number of hydrogen-bond acceptors (Lipinski definition) is 4. The van der Waals surface area contributed by atoms with E-state index in [1.165, 1.54) is 15.6 Å². The van der Waals surface area contributed by atoms with Crippen LogP contribution in [-0.4, -0.2) is 44.9 Å². The van der Waals surface area contributed by atoms with Crippen LogP contribution < -0.4 is 4.90 Å². The van der Waals surface area contributed by atoms with Gasteiger partial charge in [0.1, 0.15) is 5.52 Å². The molecule has 0 spiro atoms. The molecule has 1 saturated heterocycles. The second-order valence-corrected chi connectivity index (χ2v) is 5.36. The van der Waals surface area contributed by atoms with Gasteiger partial charge in [-0.15, -0.1) is 0 Å². The zero-order chi connectivity index (χ0) is 16.1. The Morgan fingerprint density at radius 2 is 2.14 bits per heavy atom. The average Bonchev–Trinajstić information content (AvgIpc) is 2.99. The number of nitrogens with zero attached hydrogens (tertiary/aromatic N) is 4. The third-order valence-corrected chi connectivity index (χ3v) is 3.85. The van der Waals surface area contributed by atoms with Crippen molar-refractivity contribution >= 4 is 17.3 Å². The lowest BCUT2D eigenvalue weighted by molar-refractivity contribution is -0.187. The number of anilines is 1. The van der Waals surface area contributed by atoms with E-state index in [1.54, 1.807) is 19.2 Å². The van der Waals surface area contributed by atoms with Crippen LogP contribution in [0.25, 0.3) is 5.52 Å². The van der Waals surface area contributed by atoms with Gasteiger partial charge >= 0.3 is 12.1 Å². The Hall–Kier alpha value is -2.32. The number of fused-ring (bicyclic) bond motifs is 1. The first kappa shape index (κ1) is 14.6.